The van der Waals surface area contributed by atoms with Crippen molar-refractivity contribution in [2.75, 3.05) is 23.8 Å². The Hall–Kier alpha value is -2.58. The molecule has 2 heterocycles. The lowest BCUT2D eigenvalue weighted by atomic mass is 10.1. The van der Waals surface area contributed by atoms with Gasteiger partial charge in [-0.05, 0) is 48.7 Å². The minimum atomic E-state index is -4.57. The predicted octanol–water partition coefficient (Wildman–Crippen LogP) is 6.01. The first-order chi connectivity index (χ1) is 14.2. The number of alkyl halides is 3. The number of nitrogens with one attached hydrogen (secondary N) is 1. The van der Waals surface area contributed by atoms with Gasteiger partial charge in [0.2, 0.25) is 5.95 Å². The van der Waals surface area contributed by atoms with Gasteiger partial charge in [-0.15, -0.1) is 0 Å². The van der Waals surface area contributed by atoms with Crippen molar-refractivity contribution in [3.63, 3.8) is 0 Å². The Labute approximate surface area is 181 Å². The van der Waals surface area contributed by atoms with Crippen LogP contribution in [0, 0.1) is 0 Å². The van der Waals surface area contributed by atoms with Crippen LogP contribution in [0.5, 0.6) is 0 Å². The summed E-state index contributed by atoms with van der Waals surface area (Å²) in [4.78, 5) is 13.4. The van der Waals surface area contributed by atoms with Crippen LogP contribution in [0.3, 0.4) is 0 Å². The summed E-state index contributed by atoms with van der Waals surface area (Å²) in [5.74, 6) is -0.174. The van der Waals surface area contributed by atoms with E-state index in [0.717, 1.165) is 11.8 Å². The number of anilines is 3. The molecule has 5 nitrogen and oxygen atoms in total. The first kappa shape index (κ1) is 22.1. The van der Waals surface area contributed by atoms with E-state index in [4.69, 9.17) is 23.2 Å². The van der Waals surface area contributed by atoms with E-state index < -0.39 is 11.7 Å². The maximum atomic E-state index is 13.5. The number of aryl methyl sites for hydroxylation is 1. The van der Waals surface area contributed by atoms with E-state index >= 15 is 0 Å². The van der Waals surface area contributed by atoms with Crippen LogP contribution < -0.4 is 10.2 Å². The zero-order chi connectivity index (χ0) is 21.7. The second kappa shape index (κ2) is 9.49. The Morgan fingerprint density at radius 3 is 2.47 bits per heavy atom. The molecule has 30 heavy (non-hydrogen) atoms. The summed E-state index contributed by atoms with van der Waals surface area (Å²) in [5, 5.41) is 3.53. The summed E-state index contributed by atoms with van der Waals surface area (Å²) in [7, 11) is 1.58. The number of hydrogen-bond acceptors (Lipinski definition) is 5. The van der Waals surface area contributed by atoms with Gasteiger partial charge in [-0.25, -0.2) is 4.98 Å². The summed E-state index contributed by atoms with van der Waals surface area (Å²) in [5.41, 5.74) is 0.683. The van der Waals surface area contributed by atoms with E-state index in [0.29, 0.717) is 35.1 Å². The molecule has 1 aromatic carbocycles. The second-order valence-corrected chi connectivity index (χ2v) is 7.38. The quantitative estimate of drug-likeness (QED) is 0.472. The monoisotopic (exact) mass is 455 g/mol. The van der Waals surface area contributed by atoms with Crippen LogP contribution in [0.2, 0.25) is 10.0 Å². The largest absolute Gasteiger partial charge is 0.421 e. The van der Waals surface area contributed by atoms with E-state index in [1.54, 1.807) is 37.6 Å². The summed E-state index contributed by atoms with van der Waals surface area (Å²) in [6.07, 6.45) is 0.946. The van der Waals surface area contributed by atoms with Crippen LogP contribution in [0.15, 0.2) is 48.9 Å². The van der Waals surface area contributed by atoms with Crippen molar-refractivity contribution >= 4 is 40.7 Å². The molecule has 0 unspecified atom stereocenters. The van der Waals surface area contributed by atoms with Crippen LogP contribution in [0.4, 0.5) is 30.6 Å². The number of hydrogen-bond donors (Lipinski definition) is 1. The summed E-state index contributed by atoms with van der Waals surface area (Å²) >= 11 is 11.9. The molecule has 0 aliphatic rings. The third-order valence-electron chi connectivity index (χ3n) is 4.32. The molecule has 1 N–H and O–H groups in total. The Balaban J connectivity index is 1.79. The van der Waals surface area contributed by atoms with Crippen molar-refractivity contribution in [1.82, 2.24) is 15.0 Å². The molecule has 0 radical (unpaired) electrons. The van der Waals surface area contributed by atoms with Gasteiger partial charge in [-0.1, -0.05) is 23.2 Å². The lowest BCUT2D eigenvalue weighted by Crippen LogP contribution is -2.25. The van der Waals surface area contributed by atoms with Crippen molar-refractivity contribution in [3.05, 3.63) is 70.1 Å². The summed E-state index contributed by atoms with van der Waals surface area (Å²) in [6, 6.07) is 8.51. The van der Waals surface area contributed by atoms with Gasteiger partial charge in [0.1, 0.15) is 11.4 Å². The fourth-order valence-corrected chi connectivity index (χ4v) is 3.10. The highest BCUT2D eigenvalue weighted by Gasteiger charge is 2.36. The van der Waals surface area contributed by atoms with Crippen LogP contribution in [0.25, 0.3) is 0 Å². The number of benzene rings is 1. The van der Waals surface area contributed by atoms with E-state index in [1.165, 1.54) is 4.90 Å². The topological polar surface area (TPSA) is 53.9 Å². The minimum absolute atomic E-state index is 0.0253. The maximum Gasteiger partial charge on any atom is 0.421 e. The van der Waals surface area contributed by atoms with Crippen LogP contribution in [-0.2, 0) is 12.6 Å². The fourth-order valence-electron chi connectivity index (χ4n) is 2.80. The highest BCUT2D eigenvalue weighted by molar-refractivity contribution is 6.42. The third-order valence-corrected chi connectivity index (χ3v) is 5.06. The molecule has 10 heteroatoms. The number of rotatable bonds is 7. The molecule has 0 bridgehead atoms. The number of halogens is 5. The van der Waals surface area contributed by atoms with E-state index in [2.05, 4.69) is 20.3 Å². The van der Waals surface area contributed by atoms with Gasteiger partial charge in [-0.2, -0.15) is 18.2 Å². The smallest absolute Gasteiger partial charge is 0.359 e. The van der Waals surface area contributed by atoms with Gasteiger partial charge in [0.25, 0.3) is 0 Å². The summed E-state index contributed by atoms with van der Waals surface area (Å²) in [6.45, 7) is 0.384. The Morgan fingerprint density at radius 2 is 1.80 bits per heavy atom. The van der Waals surface area contributed by atoms with Crippen molar-refractivity contribution < 1.29 is 13.2 Å². The average molecular weight is 456 g/mol. The highest BCUT2D eigenvalue weighted by atomic mass is 35.5. The van der Waals surface area contributed by atoms with Gasteiger partial charge in [0, 0.05) is 37.9 Å². The highest BCUT2D eigenvalue weighted by Crippen LogP contribution is 2.36. The molecule has 0 aliphatic heterocycles. The van der Waals surface area contributed by atoms with Crippen LogP contribution in [0.1, 0.15) is 17.5 Å². The molecule has 0 saturated carbocycles. The lowest BCUT2D eigenvalue weighted by Gasteiger charge is -2.22. The van der Waals surface area contributed by atoms with Crippen molar-refractivity contribution in [1.29, 1.82) is 0 Å². The molecule has 3 aromatic rings. The molecule has 0 fully saturated rings. The van der Waals surface area contributed by atoms with Crippen LogP contribution >= 0.6 is 23.2 Å². The molecule has 0 spiro atoms. The minimum Gasteiger partial charge on any atom is -0.359 e. The molecule has 158 valence electrons. The number of aromatic nitrogens is 3. The van der Waals surface area contributed by atoms with E-state index in [9.17, 15) is 13.2 Å². The predicted molar refractivity (Wildman–Crippen MR) is 113 cm³/mol. The molecule has 0 saturated heterocycles. The maximum absolute atomic E-state index is 13.5. The number of nitrogens with zero attached hydrogens (tertiary/aromatic N) is 4. The number of pyridine rings is 1. The van der Waals surface area contributed by atoms with Crippen molar-refractivity contribution in [2.45, 2.75) is 19.0 Å². The molecule has 0 atom stereocenters. The van der Waals surface area contributed by atoms with Crippen LogP contribution in [-0.4, -0.2) is 28.5 Å². The molecule has 0 aliphatic carbocycles. The summed E-state index contributed by atoms with van der Waals surface area (Å²) < 4.78 is 40.5. The normalized spacial score (nSPS) is 11.4. The molecular formula is C20H18Cl2F3N5. The second-order valence-electron chi connectivity index (χ2n) is 6.56. The van der Waals surface area contributed by atoms with Gasteiger partial charge >= 0.3 is 6.18 Å². The van der Waals surface area contributed by atoms with Crippen molar-refractivity contribution in [3.8, 4) is 0 Å². The first-order valence-corrected chi connectivity index (χ1v) is 9.76. The molecule has 0 amide bonds. The first-order valence-electron chi connectivity index (χ1n) is 9.00. The van der Waals surface area contributed by atoms with Gasteiger partial charge < -0.3 is 10.2 Å². The van der Waals surface area contributed by atoms with Gasteiger partial charge in [0.15, 0.2) is 0 Å². The lowest BCUT2D eigenvalue weighted by molar-refractivity contribution is -0.137. The SMILES string of the molecule is CN(CCCc1ccncc1)c1nc(Nc2ccc(Cl)c(Cl)c2)ncc1C(F)(F)F. The molecular weight excluding hydrogens is 438 g/mol. The molecule has 2 aromatic heterocycles. The zero-order valence-corrected chi connectivity index (χ0v) is 17.4. The standard InChI is InChI=1S/C20H18Cl2F3N5/c1-30(10-2-3-13-6-8-26-9-7-13)18-15(20(23,24)25)12-27-19(29-18)28-14-4-5-16(21)17(22)11-14/h4-9,11-12H,2-3,10H2,1H3,(H,27,28,29). The Bertz CT molecular complexity index is 999. The average Bonchev–Trinajstić information content (AvgIpc) is 2.70. The van der Waals surface area contributed by atoms with Gasteiger partial charge in [-0.3, -0.25) is 4.98 Å². The Kier molecular flexibility index (Phi) is 6.99. The molecule has 3 rings (SSSR count). The van der Waals surface area contributed by atoms with E-state index in [1.807, 2.05) is 12.1 Å². The zero-order valence-electron chi connectivity index (χ0n) is 15.9. The van der Waals surface area contributed by atoms with E-state index in [-0.39, 0.29) is 11.8 Å². The Morgan fingerprint density at radius 1 is 1.07 bits per heavy atom. The van der Waals surface area contributed by atoms with Crippen molar-refractivity contribution in [2.24, 2.45) is 0 Å². The fraction of sp³-hybridized carbons (Fsp3) is 0.250. The van der Waals surface area contributed by atoms with Gasteiger partial charge in [0.05, 0.1) is 10.0 Å². The third kappa shape index (κ3) is 5.73.